The van der Waals surface area contributed by atoms with Gasteiger partial charge in [0.1, 0.15) is 5.01 Å². The molecular weight excluding hydrogens is 374 g/mol. The lowest BCUT2D eigenvalue weighted by Gasteiger charge is -1.97. The third kappa shape index (κ3) is 3.03. The van der Waals surface area contributed by atoms with Crippen LogP contribution in [0.4, 0.5) is 5.13 Å². The average Bonchev–Trinajstić information content (AvgIpc) is 2.84. The predicted molar refractivity (Wildman–Crippen MR) is 76.3 cm³/mol. The van der Waals surface area contributed by atoms with Crippen molar-refractivity contribution in [2.45, 2.75) is 19.9 Å². The fourth-order valence-electron chi connectivity index (χ4n) is 1.11. The summed E-state index contributed by atoms with van der Waals surface area (Å²) in [4.78, 5) is 1.26. The molecule has 0 saturated carbocycles. The Labute approximate surface area is 119 Å². The van der Waals surface area contributed by atoms with Crippen molar-refractivity contribution in [1.29, 1.82) is 0 Å². The molecule has 16 heavy (non-hydrogen) atoms. The maximum Gasteiger partial charge on any atom is 0.205 e. The molecular formula is C9H9Br2N3S2. The van der Waals surface area contributed by atoms with E-state index >= 15 is 0 Å². The number of hydrogen-bond donors (Lipinski definition) is 1. The molecule has 0 aromatic carbocycles. The highest BCUT2D eigenvalue weighted by Gasteiger charge is 2.05. The lowest BCUT2D eigenvalue weighted by Crippen LogP contribution is -1.96. The van der Waals surface area contributed by atoms with Crippen LogP contribution in [0.15, 0.2) is 14.3 Å². The van der Waals surface area contributed by atoms with Gasteiger partial charge in [-0.05, 0) is 44.3 Å². The van der Waals surface area contributed by atoms with E-state index < -0.39 is 0 Å². The molecule has 2 heterocycles. The zero-order valence-electron chi connectivity index (χ0n) is 8.46. The van der Waals surface area contributed by atoms with Crippen LogP contribution in [-0.4, -0.2) is 10.2 Å². The maximum absolute atomic E-state index is 4.07. The summed E-state index contributed by atoms with van der Waals surface area (Å²) in [6.45, 7) is 2.87. The molecule has 86 valence electrons. The van der Waals surface area contributed by atoms with Gasteiger partial charge in [-0.25, -0.2) is 0 Å². The Morgan fingerprint density at radius 1 is 1.31 bits per heavy atom. The van der Waals surface area contributed by atoms with E-state index in [2.05, 4.69) is 60.4 Å². The fourth-order valence-corrected chi connectivity index (χ4v) is 3.90. The minimum atomic E-state index is 0.785. The summed E-state index contributed by atoms with van der Waals surface area (Å²) in [5, 5.41) is 13.4. The molecule has 2 aromatic heterocycles. The van der Waals surface area contributed by atoms with Crippen LogP contribution < -0.4 is 5.32 Å². The van der Waals surface area contributed by atoms with Gasteiger partial charge in [0, 0.05) is 9.35 Å². The summed E-state index contributed by atoms with van der Waals surface area (Å²) in [5.41, 5.74) is 0. The van der Waals surface area contributed by atoms with Gasteiger partial charge in [0.05, 0.1) is 10.3 Å². The number of halogens is 2. The van der Waals surface area contributed by atoms with E-state index in [0.29, 0.717) is 0 Å². The van der Waals surface area contributed by atoms with Gasteiger partial charge < -0.3 is 5.32 Å². The van der Waals surface area contributed by atoms with Gasteiger partial charge in [0.25, 0.3) is 0 Å². The van der Waals surface area contributed by atoms with Crippen LogP contribution in [0.2, 0.25) is 0 Å². The highest BCUT2D eigenvalue weighted by atomic mass is 79.9. The van der Waals surface area contributed by atoms with Crippen molar-refractivity contribution in [3.05, 3.63) is 24.2 Å². The lowest BCUT2D eigenvalue weighted by molar-refractivity contribution is 0.977. The molecule has 0 bridgehead atoms. The van der Waals surface area contributed by atoms with E-state index in [1.54, 1.807) is 22.7 Å². The number of hydrogen-bond acceptors (Lipinski definition) is 5. The first-order valence-electron chi connectivity index (χ1n) is 4.69. The molecule has 2 rings (SSSR count). The monoisotopic (exact) mass is 381 g/mol. The quantitative estimate of drug-likeness (QED) is 0.856. The first kappa shape index (κ1) is 12.5. The molecule has 2 aromatic rings. The van der Waals surface area contributed by atoms with Crippen LogP contribution in [0.1, 0.15) is 16.8 Å². The summed E-state index contributed by atoms with van der Waals surface area (Å²) in [6, 6.07) is 2.10. The summed E-state index contributed by atoms with van der Waals surface area (Å²) in [6.07, 6.45) is 0.940. The van der Waals surface area contributed by atoms with Crippen LogP contribution in [0.25, 0.3) is 0 Å². The number of nitrogens with zero attached hydrogens (tertiary/aromatic N) is 2. The zero-order valence-corrected chi connectivity index (χ0v) is 13.3. The van der Waals surface area contributed by atoms with Gasteiger partial charge in [-0.1, -0.05) is 18.3 Å². The molecule has 0 fully saturated rings. The van der Waals surface area contributed by atoms with E-state index in [1.165, 1.54) is 4.88 Å². The van der Waals surface area contributed by atoms with Crippen molar-refractivity contribution in [2.24, 2.45) is 0 Å². The summed E-state index contributed by atoms with van der Waals surface area (Å²) in [7, 11) is 0. The lowest BCUT2D eigenvalue weighted by atomic mass is 10.5. The van der Waals surface area contributed by atoms with Gasteiger partial charge in [-0.3, -0.25) is 0 Å². The van der Waals surface area contributed by atoms with Gasteiger partial charge in [-0.15, -0.1) is 21.5 Å². The van der Waals surface area contributed by atoms with E-state index in [-0.39, 0.29) is 0 Å². The second-order valence-electron chi connectivity index (χ2n) is 3.04. The standard InChI is InChI=1S/C9H9Br2N3S2/c1-2-7-13-14-9(16-7)12-4-5-3-6(10)8(11)15-5/h3H,2,4H2,1H3,(H,12,14). The van der Waals surface area contributed by atoms with Gasteiger partial charge >= 0.3 is 0 Å². The first-order valence-corrected chi connectivity index (χ1v) is 7.91. The van der Waals surface area contributed by atoms with Crippen molar-refractivity contribution in [3.63, 3.8) is 0 Å². The van der Waals surface area contributed by atoms with Crippen molar-refractivity contribution in [2.75, 3.05) is 5.32 Å². The molecule has 0 radical (unpaired) electrons. The maximum atomic E-state index is 4.07. The number of aryl methyl sites for hydroxylation is 1. The van der Waals surface area contributed by atoms with Gasteiger partial charge in [0.15, 0.2) is 0 Å². The summed E-state index contributed by atoms with van der Waals surface area (Å²) >= 11 is 10.3. The van der Waals surface area contributed by atoms with E-state index in [0.717, 1.165) is 31.4 Å². The second-order valence-corrected chi connectivity index (χ2v) is 7.41. The number of nitrogens with one attached hydrogen (secondary N) is 1. The van der Waals surface area contributed by atoms with Gasteiger partial charge in [0.2, 0.25) is 5.13 Å². The molecule has 0 aliphatic carbocycles. The topological polar surface area (TPSA) is 37.8 Å². The van der Waals surface area contributed by atoms with Crippen LogP contribution in [0.3, 0.4) is 0 Å². The number of thiophene rings is 1. The fraction of sp³-hybridized carbons (Fsp3) is 0.333. The smallest absolute Gasteiger partial charge is 0.205 e. The largest absolute Gasteiger partial charge is 0.355 e. The Bertz CT molecular complexity index is 461. The third-order valence-electron chi connectivity index (χ3n) is 1.88. The molecule has 0 amide bonds. The normalized spacial score (nSPS) is 10.7. The third-order valence-corrected chi connectivity index (χ3v) is 6.16. The van der Waals surface area contributed by atoms with Crippen molar-refractivity contribution >= 4 is 59.7 Å². The number of aromatic nitrogens is 2. The SMILES string of the molecule is CCc1nnc(NCc2cc(Br)c(Br)s2)s1. The Balaban J connectivity index is 1.96. The van der Waals surface area contributed by atoms with Crippen LogP contribution in [0, 0.1) is 0 Å². The summed E-state index contributed by atoms with van der Waals surface area (Å²) < 4.78 is 2.22. The minimum absolute atomic E-state index is 0.785. The molecule has 1 N–H and O–H groups in total. The Morgan fingerprint density at radius 2 is 2.12 bits per heavy atom. The Kier molecular flexibility index (Phi) is 4.34. The number of rotatable bonds is 4. The van der Waals surface area contributed by atoms with Crippen LogP contribution in [0.5, 0.6) is 0 Å². The summed E-state index contributed by atoms with van der Waals surface area (Å²) in [5.74, 6) is 0. The highest BCUT2D eigenvalue weighted by molar-refractivity contribution is 9.13. The second kappa shape index (κ2) is 5.57. The molecule has 0 aliphatic rings. The van der Waals surface area contributed by atoms with E-state index in [9.17, 15) is 0 Å². The highest BCUT2D eigenvalue weighted by Crippen LogP contribution is 2.32. The van der Waals surface area contributed by atoms with Crippen molar-refractivity contribution in [3.8, 4) is 0 Å². The predicted octanol–water partition coefficient (Wildman–Crippen LogP) is 4.30. The van der Waals surface area contributed by atoms with Crippen LogP contribution >= 0.6 is 54.5 Å². The van der Waals surface area contributed by atoms with Crippen LogP contribution in [-0.2, 0) is 13.0 Å². The van der Waals surface area contributed by atoms with Gasteiger partial charge in [-0.2, -0.15) is 0 Å². The Morgan fingerprint density at radius 3 is 2.69 bits per heavy atom. The van der Waals surface area contributed by atoms with Crippen molar-refractivity contribution < 1.29 is 0 Å². The molecule has 0 spiro atoms. The molecule has 7 heteroatoms. The minimum Gasteiger partial charge on any atom is -0.355 e. The molecule has 3 nitrogen and oxygen atoms in total. The van der Waals surface area contributed by atoms with Crippen molar-refractivity contribution in [1.82, 2.24) is 10.2 Å². The van der Waals surface area contributed by atoms with E-state index in [1.807, 2.05) is 0 Å². The molecule has 0 aliphatic heterocycles. The van der Waals surface area contributed by atoms with E-state index in [4.69, 9.17) is 0 Å². The molecule has 0 unspecified atom stereocenters. The first-order chi connectivity index (χ1) is 7.69. The molecule has 0 atom stereocenters. The average molecular weight is 383 g/mol. The Hall–Kier alpha value is 0.0200. The number of anilines is 1. The zero-order chi connectivity index (χ0) is 11.5. The molecule has 0 saturated heterocycles.